The second-order valence-corrected chi connectivity index (χ2v) is 5.97. The van der Waals surface area contributed by atoms with E-state index < -0.39 is 0 Å². The van der Waals surface area contributed by atoms with E-state index in [0.717, 1.165) is 16.9 Å². The van der Waals surface area contributed by atoms with Crippen molar-refractivity contribution in [3.05, 3.63) is 54.0 Å². The van der Waals surface area contributed by atoms with Crippen LogP contribution in [0.15, 0.2) is 42.7 Å². The van der Waals surface area contributed by atoms with E-state index in [9.17, 15) is 0 Å². The van der Waals surface area contributed by atoms with Crippen LogP contribution in [0.1, 0.15) is 11.3 Å². The van der Waals surface area contributed by atoms with Gasteiger partial charge in [0.05, 0.1) is 21.3 Å². The molecule has 0 radical (unpaired) electrons. The van der Waals surface area contributed by atoms with Crippen molar-refractivity contribution in [3.8, 4) is 17.2 Å². The molecule has 2 N–H and O–H groups in total. The molecule has 0 saturated carbocycles. The van der Waals surface area contributed by atoms with Crippen molar-refractivity contribution < 1.29 is 14.2 Å². The molecule has 0 atom stereocenters. The quantitative estimate of drug-likeness (QED) is 0.612. The van der Waals surface area contributed by atoms with E-state index in [1.54, 1.807) is 39.7 Å². The number of methoxy groups -OCH3 is 3. The lowest BCUT2D eigenvalue weighted by molar-refractivity contribution is 0.324. The van der Waals surface area contributed by atoms with Crippen LogP contribution in [-0.2, 0) is 6.54 Å². The van der Waals surface area contributed by atoms with Crippen molar-refractivity contribution in [2.24, 2.45) is 0 Å². The summed E-state index contributed by atoms with van der Waals surface area (Å²) < 4.78 is 16.1. The number of benzene rings is 1. The molecule has 0 amide bonds. The van der Waals surface area contributed by atoms with Gasteiger partial charge in [0.1, 0.15) is 5.82 Å². The molecule has 0 spiro atoms. The number of rotatable bonds is 8. The van der Waals surface area contributed by atoms with Crippen LogP contribution in [0.25, 0.3) is 0 Å². The molecule has 1 aromatic carbocycles. The summed E-state index contributed by atoms with van der Waals surface area (Å²) in [6.45, 7) is 2.53. The lowest BCUT2D eigenvalue weighted by Gasteiger charge is -2.15. The molecule has 0 unspecified atom stereocenters. The minimum Gasteiger partial charge on any atom is -0.493 e. The summed E-state index contributed by atoms with van der Waals surface area (Å²) in [5.74, 6) is 2.80. The van der Waals surface area contributed by atoms with Crippen molar-refractivity contribution >= 4 is 17.5 Å². The molecule has 8 heteroatoms. The molecule has 2 aromatic heterocycles. The van der Waals surface area contributed by atoms with Crippen molar-refractivity contribution in [1.29, 1.82) is 0 Å². The van der Waals surface area contributed by atoms with E-state index in [1.165, 1.54) is 0 Å². The average molecular weight is 381 g/mol. The molecule has 0 aliphatic rings. The minimum atomic E-state index is 0.461. The van der Waals surface area contributed by atoms with Gasteiger partial charge in [-0.25, -0.2) is 4.98 Å². The first-order valence-electron chi connectivity index (χ1n) is 8.68. The summed E-state index contributed by atoms with van der Waals surface area (Å²) >= 11 is 0. The highest BCUT2D eigenvalue weighted by Crippen LogP contribution is 2.40. The Morgan fingerprint density at radius 2 is 1.71 bits per heavy atom. The van der Waals surface area contributed by atoms with Gasteiger partial charge < -0.3 is 24.8 Å². The zero-order chi connectivity index (χ0) is 19.9. The maximum Gasteiger partial charge on any atom is 0.229 e. The van der Waals surface area contributed by atoms with Gasteiger partial charge >= 0.3 is 0 Å². The van der Waals surface area contributed by atoms with E-state index in [0.29, 0.717) is 35.6 Å². The van der Waals surface area contributed by atoms with E-state index in [4.69, 9.17) is 14.2 Å². The second kappa shape index (κ2) is 8.90. The van der Waals surface area contributed by atoms with Gasteiger partial charge in [-0.3, -0.25) is 4.98 Å². The predicted molar refractivity (Wildman–Crippen MR) is 108 cm³/mol. The zero-order valence-electron chi connectivity index (χ0n) is 16.3. The SMILES string of the molecule is COc1cc(Nc2nc(C)cc(NCc3cccnc3)n2)cc(OC)c1OC. The Morgan fingerprint density at radius 1 is 0.964 bits per heavy atom. The topological polar surface area (TPSA) is 90.4 Å². The normalized spacial score (nSPS) is 10.3. The zero-order valence-corrected chi connectivity index (χ0v) is 16.3. The van der Waals surface area contributed by atoms with E-state index in [2.05, 4.69) is 25.6 Å². The molecular formula is C20H23N5O3. The van der Waals surface area contributed by atoms with Crippen molar-refractivity contribution in [2.75, 3.05) is 32.0 Å². The van der Waals surface area contributed by atoms with Gasteiger partial charge in [-0.1, -0.05) is 6.07 Å². The smallest absolute Gasteiger partial charge is 0.229 e. The summed E-state index contributed by atoms with van der Waals surface area (Å²) in [4.78, 5) is 13.1. The van der Waals surface area contributed by atoms with Crippen LogP contribution in [0.2, 0.25) is 0 Å². The molecule has 0 fully saturated rings. The van der Waals surface area contributed by atoms with Crippen molar-refractivity contribution in [1.82, 2.24) is 15.0 Å². The third-order valence-corrected chi connectivity index (χ3v) is 3.97. The molecule has 0 aliphatic heterocycles. The molecule has 3 aromatic rings. The summed E-state index contributed by atoms with van der Waals surface area (Å²) in [7, 11) is 4.72. The first kappa shape index (κ1) is 19.2. The van der Waals surface area contributed by atoms with Gasteiger partial charge in [0.25, 0.3) is 0 Å². The molecule has 28 heavy (non-hydrogen) atoms. The van der Waals surface area contributed by atoms with E-state index in [1.807, 2.05) is 31.3 Å². The molecule has 3 rings (SSSR count). The maximum atomic E-state index is 5.39. The van der Waals surface area contributed by atoms with Crippen LogP contribution in [-0.4, -0.2) is 36.3 Å². The van der Waals surface area contributed by atoms with E-state index >= 15 is 0 Å². The van der Waals surface area contributed by atoms with Crippen molar-refractivity contribution in [2.45, 2.75) is 13.5 Å². The Hall–Kier alpha value is -3.55. The summed E-state index contributed by atoms with van der Waals surface area (Å²) in [5.41, 5.74) is 2.62. The molecule has 0 bridgehead atoms. The number of pyridine rings is 1. The number of nitrogens with zero attached hydrogens (tertiary/aromatic N) is 3. The Labute approximate surface area is 163 Å². The number of hydrogen-bond acceptors (Lipinski definition) is 8. The fourth-order valence-corrected chi connectivity index (χ4v) is 2.69. The molecule has 0 aliphatic carbocycles. The summed E-state index contributed by atoms with van der Waals surface area (Å²) in [5, 5.41) is 6.48. The summed E-state index contributed by atoms with van der Waals surface area (Å²) in [6, 6.07) is 9.39. The monoisotopic (exact) mass is 381 g/mol. The van der Waals surface area contributed by atoms with Crippen LogP contribution < -0.4 is 24.8 Å². The van der Waals surface area contributed by atoms with Crippen LogP contribution in [0.3, 0.4) is 0 Å². The number of anilines is 3. The van der Waals surface area contributed by atoms with Crippen LogP contribution >= 0.6 is 0 Å². The summed E-state index contributed by atoms with van der Waals surface area (Å²) in [6.07, 6.45) is 3.56. The maximum absolute atomic E-state index is 5.39. The van der Waals surface area contributed by atoms with Gasteiger partial charge in [0.2, 0.25) is 11.7 Å². The Morgan fingerprint density at radius 3 is 2.32 bits per heavy atom. The van der Waals surface area contributed by atoms with Gasteiger partial charge in [0, 0.05) is 48.5 Å². The fourth-order valence-electron chi connectivity index (χ4n) is 2.69. The average Bonchev–Trinajstić information content (AvgIpc) is 2.71. The Kier molecular flexibility index (Phi) is 6.11. The third kappa shape index (κ3) is 4.59. The Bertz CT molecular complexity index is 909. The van der Waals surface area contributed by atoms with Gasteiger partial charge in [-0.05, 0) is 18.6 Å². The second-order valence-electron chi connectivity index (χ2n) is 5.97. The largest absolute Gasteiger partial charge is 0.493 e. The first-order chi connectivity index (χ1) is 13.6. The minimum absolute atomic E-state index is 0.461. The number of ether oxygens (including phenoxy) is 3. The number of nitrogens with one attached hydrogen (secondary N) is 2. The van der Waals surface area contributed by atoms with Gasteiger partial charge in [-0.15, -0.1) is 0 Å². The highest BCUT2D eigenvalue weighted by Gasteiger charge is 2.14. The van der Waals surface area contributed by atoms with Gasteiger partial charge in [0.15, 0.2) is 11.5 Å². The van der Waals surface area contributed by atoms with Crippen LogP contribution in [0.4, 0.5) is 17.5 Å². The number of hydrogen-bond donors (Lipinski definition) is 2. The van der Waals surface area contributed by atoms with Crippen LogP contribution in [0.5, 0.6) is 17.2 Å². The lowest BCUT2D eigenvalue weighted by Crippen LogP contribution is -2.06. The first-order valence-corrected chi connectivity index (χ1v) is 8.68. The molecule has 2 heterocycles. The number of aromatic nitrogens is 3. The molecule has 146 valence electrons. The van der Waals surface area contributed by atoms with E-state index in [-0.39, 0.29) is 0 Å². The molecule has 8 nitrogen and oxygen atoms in total. The Balaban J connectivity index is 1.81. The van der Waals surface area contributed by atoms with Crippen molar-refractivity contribution in [3.63, 3.8) is 0 Å². The third-order valence-electron chi connectivity index (χ3n) is 3.97. The lowest BCUT2D eigenvalue weighted by atomic mass is 10.2. The fraction of sp³-hybridized carbons (Fsp3) is 0.250. The standard InChI is InChI=1S/C20H23N5O3/c1-13-8-18(22-12-14-6-5-7-21-11-14)25-20(23-13)24-15-9-16(26-2)19(28-4)17(10-15)27-3/h5-11H,12H2,1-4H3,(H2,22,23,24,25). The highest BCUT2D eigenvalue weighted by atomic mass is 16.5. The molecular weight excluding hydrogens is 358 g/mol. The van der Waals surface area contributed by atoms with Crippen LogP contribution in [0, 0.1) is 6.92 Å². The highest BCUT2D eigenvalue weighted by molar-refractivity contribution is 5.66. The number of aryl methyl sites for hydroxylation is 1. The van der Waals surface area contributed by atoms with Gasteiger partial charge in [-0.2, -0.15) is 4.98 Å². The predicted octanol–water partition coefficient (Wildman–Crippen LogP) is 3.56. The molecule has 0 saturated heterocycles.